The highest BCUT2D eigenvalue weighted by atomic mass is 32.1. The topological polar surface area (TPSA) is 69.7 Å². The van der Waals surface area contributed by atoms with E-state index in [0.29, 0.717) is 30.5 Å². The first-order valence-electron chi connectivity index (χ1n) is 5.59. The van der Waals surface area contributed by atoms with Crippen molar-refractivity contribution < 1.29 is 19.0 Å². The van der Waals surface area contributed by atoms with Crippen molar-refractivity contribution in [3.05, 3.63) is 11.2 Å². The molecule has 1 unspecified atom stereocenters. The minimum absolute atomic E-state index is 0.0767. The molecule has 102 valence electrons. The van der Waals surface area contributed by atoms with E-state index in [9.17, 15) is 4.79 Å². The van der Waals surface area contributed by atoms with Gasteiger partial charge in [-0.05, 0) is 6.92 Å². The number of carbonyl (C=O) groups excluding carboxylic acids is 1. The second-order valence-corrected chi connectivity index (χ2v) is 4.30. The number of anilines is 1. The largest absolute Gasteiger partial charge is 0.461 e. The van der Waals surface area contributed by atoms with Crippen molar-refractivity contribution in [3.63, 3.8) is 0 Å². The Balaban J connectivity index is 2.57. The zero-order chi connectivity index (χ0) is 13.4. The Morgan fingerprint density at radius 1 is 1.56 bits per heavy atom. The number of nitrogens with one attached hydrogen (secondary N) is 1. The first-order chi connectivity index (χ1) is 8.72. The fraction of sp³-hybridized carbons (Fsp3) is 0.636. The van der Waals surface area contributed by atoms with E-state index in [2.05, 4.69) is 10.3 Å². The first-order valence-corrected chi connectivity index (χ1v) is 6.47. The van der Waals surface area contributed by atoms with Gasteiger partial charge in [-0.25, -0.2) is 9.78 Å². The Hall–Kier alpha value is -1.18. The van der Waals surface area contributed by atoms with Crippen LogP contribution in [0.15, 0.2) is 5.51 Å². The summed E-state index contributed by atoms with van der Waals surface area (Å²) in [7, 11) is 3.23. The van der Waals surface area contributed by atoms with E-state index >= 15 is 0 Å². The molecule has 0 saturated carbocycles. The van der Waals surface area contributed by atoms with Gasteiger partial charge in [-0.15, -0.1) is 11.3 Å². The molecule has 1 aromatic rings. The van der Waals surface area contributed by atoms with E-state index in [0.717, 1.165) is 0 Å². The van der Waals surface area contributed by atoms with Crippen LogP contribution in [0, 0.1) is 0 Å². The number of methoxy groups -OCH3 is 2. The third kappa shape index (κ3) is 4.25. The summed E-state index contributed by atoms with van der Waals surface area (Å²) in [5.74, 6) is -0.415. The van der Waals surface area contributed by atoms with Crippen molar-refractivity contribution in [2.24, 2.45) is 0 Å². The van der Waals surface area contributed by atoms with E-state index in [1.165, 1.54) is 11.3 Å². The fourth-order valence-electron chi connectivity index (χ4n) is 1.32. The van der Waals surface area contributed by atoms with Gasteiger partial charge in [0.1, 0.15) is 5.00 Å². The molecular weight excluding hydrogens is 256 g/mol. The van der Waals surface area contributed by atoms with Crippen LogP contribution in [0.2, 0.25) is 0 Å². The lowest BCUT2D eigenvalue weighted by Crippen LogP contribution is -2.26. The Bertz CT molecular complexity index is 370. The predicted molar refractivity (Wildman–Crippen MR) is 69.2 cm³/mol. The SMILES string of the molecule is CCOC(=O)c1ncsc1NCC(COC)OC. The number of hydrogen-bond acceptors (Lipinski definition) is 7. The normalized spacial score (nSPS) is 12.2. The maximum absolute atomic E-state index is 11.6. The number of hydrogen-bond donors (Lipinski definition) is 1. The summed E-state index contributed by atoms with van der Waals surface area (Å²) in [5, 5.41) is 3.81. The summed E-state index contributed by atoms with van der Waals surface area (Å²) in [6.07, 6.45) is -0.0767. The number of aromatic nitrogens is 1. The van der Waals surface area contributed by atoms with Gasteiger partial charge in [-0.3, -0.25) is 0 Å². The molecule has 0 radical (unpaired) electrons. The molecule has 18 heavy (non-hydrogen) atoms. The van der Waals surface area contributed by atoms with Gasteiger partial charge in [0.2, 0.25) is 0 Å². The van der Waals surface area contributed by atoms with Crippen LogP contribution < -0.4 is 5.32 Å². The molecule has 1 atom stereocenters. The van der Waals surface area contributed by atoms with Crippen LogP contribution in [0.1, 0.15) is 17.4 Å². The van der Waals surface area contributed by atoms with Gasteiger partial charge in [0, 0.05) is 20.8 Å². The zero-order valence-corrected chi connectivity index (χ0v) is 11.6. The van der Waals surface area contributed by atoms with Crippen LogP contribution in [0.4, 0.5) is 5.00 Å². The molecule has 0 aliphatic rings. The molecule has 0 aliphatic heterocycles. The molecule has 0 saturated heterocycles. The smallest absolute Gasteiger partial charge is 0.360 e. The van der Waals surface area contributed by atoms with Gasteiger partial charge in [0.05, 0.1) is 24.8 Å². The summed E-state index contributed by atoms with van der Waals surface area (Å²) in [4.78, 5) is 15.6. The van der Waals surface area contributed by atoms with E-state index in [1.807, 2.05) is 0 Å². The maximum atomic E-state index is 11.6. The summed E-state index contributed by atoms with van der Waals surface area (Å²) in [6.45, 7) is 3.12. The minimum atomic E-state index is -0.415. The number of nitrogens with zero attached hydrogens (tertiary/aromatic N) is 1. The fourth-order valence-corrected chi connectivity index (χ4v) is 2.00. The van der Waals surface area contributed by atoms with Gasteiger partial charge < -0.3 is 19.5 Å². The molecule has 0 aliphatic carbocycles. The van der Waals surface area contributed by atoms with Gasteiger partial charge in [-0.1, -0.05) is 0 Å². The molecule has 0 fully saturated rings. The summed E-state index contributed by atoms with van der Waals surface area (Å²) in [6, 6.07) is 0. The first kappa shape index (κ1) is 14.9. The number of ether oxygens (including phenoxy) is 3. The number of carbonyl (C=O) groups is 1. The van der Waals surface area contributed by atoms with Crippen molar-refractivity contribution >= 4 is 22.3 Å². The van der Waals surface area contributed by atoms with Crippen molar-refractivity contribution in [2.45, 2.75) is 13.0 Å². The van der Waals surface area contributed by atoms with Crippen LogP contribution in [0.5, 0.6) is 0 Å². The molecule has 0 aromatic carbocycles. The molecule has 0 bridgehead atoms. The number of rotatable bonds is 8. The molecule has 0 amide bonds. The summed E-state index contributed by atoms with van der Waals surface area (Å²) < 4.78 is 15.1. The van der Waals surface area contributed by atoms with Crippen LogP contribution in [0.25, 0.3) is 0 Å². The Labute approximate surface area is 110 Å². The number of esters is 1. The quantitative estimate of drug-likeness (QED) is 0.722. The standard InChI is InChI=1S/C11H18N2O4S/c1-4-17-11(14)9-10(18-7-13-9)12-5-8(16-3)6-15-2/h7-8,12H,4-6H2,1-3H3. The lowest BCUT2D eigenvalue weighted by Gasteiger charge is -2.15. The zero-order valence-electron chi connectivity index (χ0n) is 10.8. The van der Waals surface area contributed by atoms with E-state index in [-0.39, 0.29) is 6.10 Å². The highest BCUT2D eigenvalue weighted by molar-refractivity contribution is 7.14. The van der Waals surface area contributed by atoms with Gasteiger partial charge in [0.25, 0.3) is 0 Å². The Morgan fingerprint density at radius 3 is 2.94 bits per heavy atom. The van der Waals surface area contributed by atoms with E-state index in [4.69, 9.17) is 14.2 Å². The van der Waals surface area contributed by atoms with Crippen molar-refractivity contribution in [2.75, 3.05) is 39.3 Å². The number of thiazole rings is 1. The van der Waals surface area contributed by atoms with Crippen LogP contribution in [-0.4, -0.2) is 51.0 Å². The second kappa shape index (κ2) is 8.02. The highest BCUT2D eigenvalue weighted by Gasteiger charge is 2.17. The highest BCUT2D eigenvalue weighted by Crippen LogP contribution is 2.21. The molecule has 1 aromatic heterocycles. The minimum Gasteiger partial charge on any atom is -0.461 e. The van der Waals surface area contributed by atoms with Crippen molar-refractivity contribution in [1.82, 2.24) is 4.98 Å². The van der Waals surface area contributed by atoms with Crippen molar-refractivity contribution in [3.8, 4) is 0 Å². The van der Waals surface area contributed by atoms with Crippen molar-refractivity contribution in [1.29, 1.82) is 0 Å². The monoisotopic (exact) mass is 274 g/mol. The van der Waals surface area contributed by atoms with Gasteiger partial charge in [-0.2, -0.15) is 0 Å². The van der Waals surface area contributed by atoms with Gasteiger partial charge >= 0.3 is 5.97 Å². The van der Waals surface area contributed by atoms with Crippen LogP contribution in [-0.2, 0) is 14.2 Å². The van der Waals surface area contributed by atoms with E-state index < -0.39 is 5.97 Å². The van der Waals surface area contributed by atoms with Crippen LogP contribution in [0.3, 0.4) is 0 Å². The third-order valence-corrected chi connectivity index (χ3v) is 3.00. The second-order valence-electron chi connectivity index (χ2n) is 3.44. The predicted octanol–water partition coefficient (Wildman–Crippen LogP) is 1.39. The molecular formula is C11H18N2O4S. The molecule has 6 nitrogen and oxygen atoms in total. The molecule has 1 rings (SSSR count). The summed E-state index contributed by atoms with van der Waals surface area (Å²) >= 11 is 1.35. The Kier molecular flexibility index (Phi) is 6.63. The maximum Gasteiger partial charge on any atom is 0.360 e. The lowest BCUT2D eigenvalue weighted by atomic mass is 10.3. The van der Waals surface area contributed by atoms with Gasteiger partial charge in [0.15, 0.2) is 5.69 Å². The molecule has 1 N–H and O–H groups in total. The van der Waals surface area contributed by atoms with Crippen LogP contribution >= 0.6 is 11.3 Å². The molecule has 1 heterocycles. The average molecular weight is 274 g/mol. The lowest BCUT2D eigenvalue weighted by molar-refractivity contribution is 0.0365. The average Bonchev–Trinajstić information content (AvgIpc) is 2.83. The molecule has 7 heteroatoms. The van der Waals surface area contributed by atoms with E-state index in [1.54, 1.807) is 26.7 Å². The molecule has 0 spiro atoms. The summed E-state index contributed by atoms with van der Waals surface area (Å²) in [5.41, 5.74) is 1.92. The third-order valence-electron chi connectivity index (χ3n) is 2.21. The Morgan fingerprint density at radius 2 is 2.33 bits per heavy atom.